The monoisotopic (exact) mass is 474 g/mol. The van der Waals surface area contributed by atoms with Crippen molar-refractivity contribution in [2.45, 2.75) is 51.1 Å². The van der Waals surface area contributed by atoms with E-state index in [1.165, 1.54) is 12.5 Å². The average Bonchev–Trinajstić information content (AvgIpc) is 3.39. The summed E-state index contributed by atoms with van der Waals surface area (Å²) in [7, 11) is 2.09. The van der Waals surface area contributed by atoms with Gasteiger partial charge in [-0.3, -0.25) is 19.5 Å². The molecule has 2 N–H and O–H groups in total. The van der Waals surface area contributed by atoms with Crippen molar-refractivity contribution in [3.63, 3.8) is 0 Å². The molecule has 3 heterocycles. The van der Waals surface area contributed by atoms with Gasteiger partial charge in [0.15, 0.2) is 0 Å². The topological polar surface area (TPSA) is 94.2 Å². The Morgan fingerprint density at radius 3 is 2.37 bits per heavy atom. The fraction of sp³-hybridized carbons (Fsp3) is 0.407. The number of carbonyl (C=O) groups excluding carboxylic acids is 2. The highest BCUT2D eigenvalue weighted by Crippen LogP contribution is 2.32. The van der Waals surface area contributed by atoms with E-state index in [1.54, 1.807) is 23.4 Å². The van der Waals surface area contributed by atoms with Crippen LogP contribution in [0.15, 0.2) is 61.3 Å². The van der Waals surface area contributed by atoms with Crippen LogP contribution in [0.3, 0.4) is 0 Å². The van der Waals surface area contributed by atoms with Gasteiger partial charge in [-0.2, -0.15) is 0 Å². The number of piperidine rings is 1. The maximum absolute atomic E-state index is 13.8. The molecule has 8 nitrogen and oxygen atoms in total. The van der Waals surface area contributed by atoms with Gasteiger partial charge in [0, 0.05) is 29.7 Å². The number of imidazole rings is 1. The summed E-state index contributed by atoms with van der Waals surface area (Å²) in [5.41, 5.74) is 2.69. The molecule has 1 unspecified atom stereocenters. The third kappa shape index (κ3) is 5.77. The molecule has 1 aromatic carbocycles. The maximum Gasteiger partial charge on any atom is 0.277 e. The van der Waals surface area contributed by atoms with E-state index in [-0.39, 0.29) is 23.3 Å². The number of aromatic amines is 1. The summed E-state index contributed by atoms with van der Waals surface area (Å²) in [5.74, 6) is -0.557. The first-order valence-corrected chi connectivity index (χ1v) is 12.1. The Hall–Kier alpha value is -3.52. The van der Waals surface area contributed by atoms with E-state index in [1.807, 2.05) is 30.3 Å². The number of nitrogens with zero attached hydrogens (tertiary/aromatic N) is 4. The Morgan fingerprint density at radius 1 is 1.09 bits per heavy atom. The van der Waals surface area contributed by atoms with Gasteiger partial charge in [0.2, 0.25) is 5.91 Å². The van der Waals surface area contributed by atoms with Crippen LogP contribution >= 0.6 is 0 Å². The van der Waals surface area contributed by atoms with Crippen molar-refractivity contribution in [1.82, 2.24) is 25.2 Å². The Labute approximate surface area is 206 Å². The summed E-state index contributed by atoms with van der Waals surface area (Å²) < 4.78 is 0. The number of pyridine rings is 1. The summed E-state index contributed by atoms with van der Waals surface area (Å²) >= 11 is 0. The lowest BCUT2D eigenvalue weighted by Crippen LogP contribution is -2.49. The van der Waals surface area contributed by atoms with Gasteiger partial charge >= 0.3 is 0 Å². The second kappa shape index (κ2) is 10.4. The lowest BCUT2D eigenvalue weighted by Gasteiger charge is -2.34. The normalized spacial score (nSPS) is 16.0. The zero-order chi connectivity index (χ0) is 25.0. The van der Waals surface area contributed by atoms with Crippen molar-refractivity contribution in [2.24, 2.45) is 0 Å². The Morgan fingerprint density at radius 2 is 1.80 bits per heavy atom. The predicted octanol–water partition coefficient (Wildman–Crippen LogP) is 3.70. The largest absolute Gasteiger partial charge is 0.351 e. The lowest BCUT2D eigenvalue weighted by molar-refractivity contribution is -0.123. The van der Waals surface area contributed by atoms with Crippen LogP contribution in [0.4, 0.5) is 5.69 Å². The van der Waals surface area contributed by atoms with E-state index >= 15 is 0 Å². The first kappa shape index (κ1) is 24.6. The van der Waals surface area contributed by atoms with Crippen LogP contribution < -0.4 is 10.2 Å². The highest BCUT2D eigenvalue weighted by molar-refractivity contribution is 6.09. The predicted molar refractivity (Wildman–Crippen MR) is 136 cm³/mol. The molecule has 0 spiro atoms. The molecule has 3 aromatic rings. The van der Waals surface area contributed by atoms with Gasteiger partial charge in [-0.25, -0.2) is 4.98 Å². The molecule has 2 amide bonds. The fourth-order valence-electron chi connectivity index (χ4n) is 4.40. The van der Waals surface area contributed by atoms with E-state index in [2.05, 4.69) is 53.0 Å². The number of aromatic nitrogens is 3. The van der Waals surface area contributed by atoms with Gasteiger partial charge in [0.05, 0.1) is 12.5 Å². The molecule has 1 atom stereocenters. The summed E-state index contributed by atoms with van der Waals surface area (Å²) in [6, 6.07) is 10.6. The zero-order valence-electron chi connectivity index (χ0n) is 20.9. The SMILES string of the molecule is CN1CCC(NC(=O)C(c2cccnc2)N(C(=O)c2cnc[nH]2)c2ccc(C(C)(C)C)cc2)CC1. The van der Waals surface area contributed by atoms with Crippen LogP contribution in [-0.2, 0) is 10.2 Å². The highest BCUT2D eigenvalue weighted by atomic mass is 16.2. The molecular weight excluding hydrogens is 440 g/mol. The van der Waals surface area contributed by atoms with Crippen LogP contribution in [0.25, 0.3) is 0 Å². The average molecular weight is 475 g/mol. The third-order valence-corrected chi connectivity index (χ3v) is 6.53. The number of likely N-dealkylation sites (tertiary alicyclic amines) is 1. The molecule has 4 rings (SSSR count). The molecule has 1 aliphatic rings. The molecule has 184 valence electrons. The van der Waals surface area contributed by atoms with Crippen molar-refractivity contribution in [3.8, 4) is 0 Å². The van der Waals surface area contributed by atoms with Gasteiger partial charge < -0.3 is 15.2 Å². The summed E-state index contributed by atoms with van der Waals surface area (Å²) in [6.45, 7) is 8.27. The molecule has 0 radical (unpaired) electrons. The van der Waals surface area contributed by atoms with Gasteiger partial charge in [-0.05, 0) is 62.2 Å². The minimum absolute atomic E-state index is 0.0367. The Bertz CT molecular complexity index is 1110. The second-order valence-electron chi connectivity index (χ2n) is 10.2. The molecule has 1 aliphatic heterocycles. The van der Waals surface area contributed by atoms with Crippen molar-refractivity contribution in [2.75, 3.05) is 25.0 Å². The smallest absolute Gasteiger partial charge is 0.277 e. The molecular formula is C27H34N6O2. The summed E-state index contributed by atoms with van der Waals surface area (Å²) in [4.78, 5) is 42.6. The molecule has 2 aromatic heterocycles. The van der Waals surface area contributed by atoms with E-state index < -0.39 is 6.04 Å². The van der Waals surface area contributed by atoms with Crippen molar-refractivity contribution >= 4 is 17.5 Å². The van der Waals surface area contributed by atoms with Crippen LogP contribution in [0, 0.1) is 0 Å². The Balaban J connectivity index is 1.75. The van der Waals surface area contributed by atoms with E-state index in [9.17, 15) is 9.59 Å². The minimum Gasteiger partial charge on any atom is -0.351 e. The number of rotatable bonds is 6. The number of hydrogen-bond acceptors (Lipinski definition) is 5. The van der Waals surface area contributed by atoms with Crippen molar-refractivity contribution in [3.05, 3.63) is 78.1 Å². The molecule has 35 heavy (non-hydrogen) atoms. The maximum atomic E-state index is 13.8. The summed E-state index contributed by atoms with van der Waals surface area (Å²) in [6.07, 6.45) is 8.00. The van der Waals surface area contributed by atoms with Crippen LogP contribution in [-0.4, -0.2) is 57.8 Å². The van der Waals surface area contributed by atoms with Gasteiger partial charge in [0.25, 0.3) is 5.91 Å². The lowest BCUT2D eigenvalue weighted by atomic mass is 9.87. The number of anilines is 1. The number of benzene rings is 1. The minimum atomic E-state index is -0.889. The number of H-pyrrole nitrogens is 1. The summed E-state index contributed by atoms with van der Waals surface area (Å²) in [5, 5.41) is 3.21. The molecule has 8 heteroatoms. The van der Waals surface area contributed by atoms with Gasteiger partial charge in [0.1, 0.15) is 11.7 Å². The zero-order valence-corrected chi connectivity index (χ0v) is 20.9. The quantitative estimate of drug-likeness (QED) is 0.568. The van der Waals surface area contributed by atoms with Crippen molar-refractivity contribution < 1.29 is 9.59 Å². The number of amides is 2. The second-order valence-corrected chi connectivity index (χ2v) is 10.2. The van der Waals surface area contributed by atoms with E-state index in [0.717, 1.165) is 31.5 Å². The molecule has 1 fully saturated rings. The van der Waals surface area contributed by atoms with Crippen LogP contribution in [0.5, 0.6) is 0 Å². The molecule has 1 saturated heterocycles. The van der Waals surface area contributed by atoms with E-state index in [4.69, 9.17) is 0 Å². The van der Waals surface area contributed by atoms with Crippen LogP contribution in [0.1, 0.15) is 61.3 Å². The number of nitrogens with one attached hydrogen (secondary N) is 2. The standard InChI is InChI=1S/C27H34N6O2/c1-27(2,3)20-7-9-22(10-8-20)33(26(35)23-17-29-18-30-23)24(19-6-5-13-28-16-19)25(34)31-21-11-14-32(4)15-12-21/h5-10,13,16-18,21,24H,11-12,14-15H2,1-4H3,(H,29,30)(H,31,34). The van der Waals surface area contributed by atoms with Crippen LogP contribution in [0.2, 0.25) is 0 Å². The fourth-order valence-corrected chi connectivity index (χ4v) is 4.40. The first-order valence-electron chi connectivity index (χ1n) is 12.1. The Kier molecular flexibility index (Phi) is 7.31. The highest BCUT2D eigenvalue weighted by Gasteiger charge is 2.35. The number of hydrogen-bond donors (Lipinski definition) is 2. The molecule has 0 saturated carbocycles. The first-order chi connectivity index (χ1) is 16.7. The van der Waals surface area contributed by atoms with Gasteiger partial charge in [-0.1, -0.05) is 39.0 Å². The van der Waals surface area contributed by atoms with Crippen molar-refractivity contribution in [1.29, 1.82) is 0 Å². The number of carbonyl (C=O) groups is 2. The van der Waals surface area contributed by atoms with E-state index in [0.29, 0.717) is 16.9 Å². The molecule has 0 bridgehead atoms. The third-order valence-electron chi connectivity index (χ3n) is 6.53. The molecule has 0 aliphatic carbocycles. The van der Waals surface area contributed by atoms with Gasteiger partial charge in [-0.15, -0.1) is 0 Å².